The lowest BCUT2D eigenvalue weighted by molar-refractivity contribution is 0.290. The maximum Gasteiger partial charge on any atom is 0.218 e. The van der Waals surface area contributed by atoms with Gasteiger partial charge >= 0.3 is 0 Å². The molecule has 0 aliphatic rings. The predicted octanol–water partition coefficient (Wildman–Crippen LogP) is 4.43. The minimum absolute atomic E-state index is 0. The molecular formula is C23H30IN5O2. The van der Waals surface area contributed by atoms with Crippen LogP contribution in [0.1, 0.15) is 43.5 Å². The third-order valence-electron chi connectivity index (χ3n) is 4.44. The van der Waals surface area contributed by atoms with Crippen molar-refractivity contribution in [3.8, 4) is 5.88 Å². The van der Waals surface area contributed by atoms with E-state index < -0.39 is 0 Å². The summed E-state index contributed by atoms with van der Waals surface area (Å²) < 4.78 is 11.7. The lowest BCUT2D eigenvalue weighted by Crippen LogP contribution is -2.36. The van der Waals surface area contributed by atoms with Gasteiger partial charge in [-0.25, -0.2) is 9.97 Å². The van der Waals surface area contributed by atoms with Crippen LogP contribution >= 0.6 is 24.0 Å². The summed E-state index contributed by atoms with van der Waals surface area (Å²) in [7, 11) is 1.72. The topological polar surface area (TPSA) is 84.6 Å². The van der Waals surface area contributed by atoms with Crippen molar-refractivity contribution < 1.29 is 9.15 Å². The summed E-state index contributed by atoms with van der Waals surface area (Å²) in [6, 6.07) is 13.9. The summed E-state index contributed by atoms with van der Waals surface area (Å²) in [5, 5.41) is 6.50. The fourth-order valence-corrected chi connectivity index (χ4v) is 2.71. The fraction of sp³-hybridized carbons (Fsp3) is 0.348. The Labute approximate surface area is 200 Å². The van der Waals surface area contributed by atoms with Crippen LogP contribution in [-0.2, 0) is 25.1 Å². The molecule has 0 spiro atoms. The Morgan fingerprint density at radius 3 is 2.45 bits per heavy atom. The third-order valence-corrected chi connectivity index (χ3v) is 4.44. The second-order valence-electron chi connectivity index (χ2n) is 7.89. The highest BCUT2D eigenvalue weighted by molar-refractivity contribution is 14.0. The summed E-state index contributed by atoms with van der Waals surface area (Å²) >= 11 is 0. The number of aliphatic imine (C=N–C) groups is 1. The molecule has 0 unspecified atom stereocenters. The van der Waals surface area contributed by atoms with Crippen molar-refractivity contribution in [3.05, 3.63) is 77.6 Å². The second-order valence-corrected chi connectivity index (χ2v) is 7.89. The molecule has 0 aliphatic heterocycles. The van der Waals surface area contributed by atoms with E-state index in [9.17, 15) is 0 Å². The highest BCUT2D eigenvalue weighted by Crippen LogP contribution is 2.22. The number of nitrogens with one attached hydrogen (secondary N) is 2. The molecule has 7 nitrogen and oxygen atoms in total. The van der Waals surface area contributed by atoms with Crippen LogP contribution in [0.15, 0.2) is 64.3 Å². The van der Waals surface area contributed by atoms with Crippen LogP contribution < -0.4 is 15.4 Å². The van der Waals surface area contributed by atoms with Crippen molar-refractivity contribution in [2.45, 2.75) is 45.9 Å². The Bertz CT molecular complexity index is 967. The zero-order valence-electron chi connectivity index (χ0n) is 18.4. The molecule has 0 amide bonds. The molecule has 1 aromatic carbocycles. The first kappa shape index (κ1) is 24.6. The Morgan fingerprint density at radius 1 is 1.03 bits per heavy atom. The molecule has 2 heterocycles. The van der Waals surface area contributed by atoms with Gasteiger partial charge in [-0.2, -0.15) is 0 Å². The molecule has 8 heteroatoms. The van der Waals surface area contributed by atoms with E-state index in [2.05, 4.69) is 46.4 Å². The first-order valence-electron chi connectivity index (χ1n) is 9.96. The summed E-state index contributed by atoms with van der Waals surface area (Å²) in [6.45, 7) is 7.72. The SMILES string of the molecule is CN=C(NCc1ncc(C(C)(C)C)o1)NCc1cccnc1OCc1ccccc1.I. The van der Waals surface area contributed by atoms with Gasteiger partial charge in [0.25, 0.3) is 0 Å². The average molecular weight is 535 g/mol. The van der Waals surface area contributed by atoms with Gasteiger partial charge in [-0.05, 0) is 11.6 Å². The number of benzene rings is 1. The number of oxazole rings is 1. The maximum absolute atomic E-state index is 5.92. The molecule has 0 atom stereocenters. The van der Waals surface area contributed by atoms with E-state index in [1.54, 1.807) is 19.4 Å². The normalized spacial score (nSPS) is 11.5. The van der Waals surface area contributed by atoms with Crippen LogP contribution in [0, 0.1) is 0 Å². The first-order valence-corrected chi connectivity index (χ1v) is 9.96. The van der Waals surface area contributed by atoms with E-state index in [0.29, 0.717) is 37.4 Å². The highest BCUT2D eigenvalue weighted by Gasteiger charge is 2.19. The summed E-state index contributed by atoms with van der Waals surface area (Å²) in [5.41, 5.74) is 1.98. The van der Waals surface area contributed by atoms with E-state index >= 15 is 0 Å². The van der Waals surface area contributed by atoms with Gasteiger partial charge in [0.05, 0.1) is 12.7 Å². The smallest absolute Gasteiger partial charge is 0.218 e. The molecule has 0 bridgehead atoms. The van der Waals surface area contributed by atoms with Crippen molar-refractivity contribution in [3.63, 3.8) is 0 Å². The lowest BCUT2D eigenvalue weighted by Gasteiger charge is -2.14. The molecule has 3 rings (SSSR count). The molecule has 166 valence electrons. The van der Waals surface area contributed by atoms with E-state index in [-0.39, 0.29) is 29.4 Å². The van der Waals surface area contributed by atoms with Gasteiger partial charge < -0.3 is 19.8 Å². The molecule has 2 aromatic heterocycles. The summed E-state index contributed by atoms with van der Waals surface area (Å²) in [5.74, 6) is 2.73. The lowest BCUT2D eigenvalue weighted by atomic mass is 9.94. The predicted molar refractivity (Wildman–Crippen MR) is 133 cm³/mol. The van der Waals surface area contributed by atoms with Gasteiger partial charge in [-0.3, -0.25) is 4.99 Å². The monoisotopic (exact) mass is 535 g/mol. The van der Waals surface area contributed by atoms with E-state index in [0.717, 1.165) is 16.9 Å². The first-order chi connectivity index (χ1) is 14.5. The van der Waals surface area contributed by atoms with Gasteiger partial charge in [-0.1, -0.05) is 57.2 Å². The summed E-state index contributed by atoms with van der Waals surface area (Å²) in [6.07, 6.45) is 3.51. The van der Waals surface area contributed by atoms with Crippen LogP contribution in [0.3, 0.4) is 0 Å². The molecule has 0 saturated carbocycles. The highest BCUT2D eigenvalue weighted by atomic mass is 127. The number of guanidine groups is 1. The number of hydrogen-bond acceptors (Lipinski definition) is 5. The van der Waals surface area contributed by atoms with Gasteiger partial charge in [0, 0.05) is 30.8 Å². The molecule has 0 saturated heterocycles. The van der Waals surface area contributed by atoms with Gasteiger partial charge in [-0.15, -0.1) is 24.0 Å². The van der Waals surface area contributed by atoms with Crippen LogP contribution in [0.2, 0.25) is 0 Å². The van der Waals surface area contributed by atoms with E-state index in [1.165, 1.54) is 0 Å². The number of nitrogens with zero attached hydrogens (tertiary/aromatic N) is 3. The molecule has 31 heavy (non-hydrogen) atoms. The molecule has 2 N–H and O–H groups in total. The van der Waals surface area contributed by atoms with Crippen LogP contribution in [0.25, 0.3) is 0 Å². The zero-order chi connectivity index (χ0) is 21.4. The number of pyridine rings is 1. The number of aromatic nitrogens is 2. The standard InChI is InChI=1S/C23H29N5O2.HI/c1-23(2,3)19-14-26-20(30-19)15-28-22(24-4)27-13-18-11-8-12-25-21(18)29-16-17-9-6-5-7-10-17;/h5-12,14H,13,15-16H2,1-4H3,(H2,24,27,28);1H. The Balaban J connectivity index is 0.00000341. The number of halogens is 1. The van der Waals surface area contributed by atoms with E-state index in [4.69, 9.17) is 9.15 Å². The van der Waals surface area contributed by atoms with Crippen molar-refractivity contribution in [1.82, 2.24) is 20.6 Å². The molecule has 3 aromatic rings. The number of hydrogen-bond donors (Lipinski definition) is 2. The third kappa shape index (κ3) is 7.54. The number of ether oxygens (including phenoxy) is 1. The van der Waals surface area contributed by atoms with Crippen LogP contribution in [0.5, 0.6) is 5.88 Å². The Kier molecular flexibility index (Phi) is 9.29. The van der Waals surface area contributed by atoms with Gasteiger partial charge in [0.2, 0.25) is 11.8 Å². The second kappa shape index (κ2) is 11.7. The Morgan fingerprint density at radius 2 is 1.77 bits per heavy atom. The summed E-state index contributed by atoms with van der Waals surface area (Å²) in [4.78, 5) is 13.0. The minimum atomic E-state index is -0.0678. The quantitative estimate of drug-likeness (QED) is 0.265. The Hall–Kier alpha value is -2.62. The molecule has 0 radical (unpaired) electrons. The number of rotatable bonds is 7. The van der Waals surface area contributed by atoms with Crippen molar-refractivity contribution in [1.29, 1.82) is 0 Å². The van der Waals surface area contributed by atoms with E-state index in [1.807, 2.05) is 42.5 Å². The molecule has 0 fully saturated rings. The minimum Gasteiger partial charge on any atom is -0.473 e. The van der Waals surface area contributed by atoms with Crippen molar-refractivity contribution in [2.75, 3.05) is 7.05 Å². The fourth-order valence-electron chi connectivity index (χ4n) is 2.71. The maximum atomic E-state index is 5.92. The van der Waals surface area contributed by atoms with Gasteiger partial charge in [0.15, 0.2) is 5.96 Å². The van der Waals surface area contributed by atoms with Crippen molar-refractivity contribution in [2.24, 2.45) is 4.99 Å². The molecule has 0 aliphatic carbocycles. The largest absolute Gasteiger partial charge is 0.473 e. The van der Waals surface area contributed by atoms with Crippen molar-refractivity contribution >= 4 is 29.9 Å². The average Bonchev–Trinajstić information content (AvgIpc) is 3.23. The van der Waals surface area contributed by atoms with Crippen LogP contribution in [0.4, 0.5) is 0 Å². The zero-order valence-corrected chi connectivity index (χ0v) is 20.7. The van der Waals surface area contributed by atoms with Crippen LogP contribution in [-0.4, -0.2) is 23.0 Å². The van der Waals surface area contributed by atoms with Gasteiger partial charge in [0.1, 0.15) is 12.4 Å². The molecular weight excluding hydrogens is 505 g/mol.